The van der Waals surface area contributed by atoms with Gasteiger partial charge in [0.15, 0.2) is 0 Å². The lowest BCUT2D eigenvalue weighted by atomic mass is 10.2. The van der Waals surface area contributed by atoms with E-state index >= 15 is 0 Å². The predicted octanol–water partition coefficient (Wildman–Crippen LogP) is 2.67. The molecule has 7 nitrogen and oxygen atoms in total. The van der Waals surface area contributed by atoms with Gasteiger partial charge in [0, 0.05) is 0 Å². The molecule has 0 unspecified atom stereocenters. The second-order valence-electron chi connectivity index (χ2n) is 5.46. The van der Waals surface area contributed by atoms with Gasteiger partial charge in [-0.3, -0.25) is 9.10 Å². The molecular formula is C17H16ClFN2O5S. The standard InChI is InChI=1S/C17H16ClFN2O5S/c1-26-17(23)11-7-8-12(18)14(9-11)20-16(22)10-21(27(2,24)25)15-6-4-3-5-13(15)19/h3-9H,10H2,1-2H3,(H,20,22). The van der Waals surface area contributed by atoms with Gasteiger partial charge in [0.1, 0.15) is 12.4 Å². The first-order valence-electron chi connectivity index (χ1n) is 7.53. The number of methoxy groups -OCH3 is 1. The molecule has 0 aromatic heterocycles. The van der Waals surface area contributed by atoms with E-state index in [9.17, 15) is 22.4 Å². The zero-order chi connectivity index (χ0) is 20.2. The lowest BCUT2D eigenvalue weighted by molar-refractivity contribution is -0.114. The third kappa shape index (κ3) is 5.18. The first-order valence-corrected chi connectivity index (χ1v) is 9.76. The van der Waals surface area contributed by atoms with Gasteiger partial charge in [-0.2, -0.15) is 0 Å². The molecule has 0 saturated carbocycles. The molecule has 0 fully saturated rings. The highest BCUT2D eigenvalue weighted by Gasteiger charge is 2.24. The van der Waals surface area contributed by atoms with Gasteiger partial charge in [0.2, 0.25) is 15.9 Å². The third-order valence-electron chi connectivity index (χ3n) is 3.47. The van der Waals surface area contributed by atoms with Crippen LogP contribution in [0.5, 0.6) is 0 Å². The highest BCUT2D eigenvalue weighted by Crippen LogP contribution is 2.25. The molecule has 1 N–H and O–H groups in total. The Morgan fingerprint density at radius 3 is 2.48 bits per heavy atom. The van der Waals surface area contributed by atoms with Crippen LogP contribution in [-0.2, 0) is 19.6 Å². The van der Waals surface area contributed by atoms with E-state index in [4.69, 9.17) is 11.6 Å². The maximum atomic E-state index is 14.0. The molecule has 0 aliphatic carbocycles. The summed E-state index contributed by atoms with van der Waals surface area (Å²) < 4.78 is 43.2. The third-order valence-corrected chi connectivity index (χ3v) is 4.93. The molecule has 2 rings (SSSR count). The molecule has 0 radical (unpaired) electrons. The molecule has 0 aliphatic heterocycles. The summed E-state index contributed by atoms with van der Waals surface area (Å²) in [5.41, 5.74) is -0.0256. The largest absolute Gasteiger partial charge is 0.465 e. The number of benzene rings is 2. The predicted molar refractivity (Wildman–Crippen MR) is 100 cm³/mol. The van der Waals surface area contributed by atoms with E-state index in [1.165, 1.54) is 43.5 Å². The molecule has 0 heterocycles. The maximum absolute atomic E-state index is 14.0. The number of rotatable bonds is 6. The van der Waals surface area contributed by atoms with Crippen LogP contribution in [0.1, 0.15) is 10.4 Å². The molecule has 0 aliphatic rings. The summed E-state index contributed by atoms with van der Waals surface area (Å²) in [5.74, 6) is -2.19. The lowest BCUT2D eigenvalue weighted by Gasteiger charge is -2.22. The fourth-order valence-corrected chi connectivity index (χ4v) is 3.24. The Bertz CT molecular complexity index is 981. The molecule has 2 aromatic rings. The number of sulfonamides is 1. The highest BCUT2D eigenvalue weighted by molar-refractivity contribution is 7.92. The Hall–Kier alpha value is -2.65. The van der Waals surface area contributed by atoms with Crippen molar-refractivity contribution < 1.29 is 27.1 Å². The van der Waals surface area contributed by atoms with Crippen molar-refractivity contribution in [1.82, 2.24) is 0 Å². The maximum Gasteiger partial charge on any atom is 0.337 e. The van der Waals surface area contributed by atoms with Crippen LogP contribution in [0, 0.1) is 5.82 Å². The Morgan fingerprint density at radius 1 is 1.22 bits per heavy atom. The van der Waals surface area contributed by atoms with Crippen LogP contribution in [0.25, 0.3) is 0 Å². The molecule has 2 aromatic carbocycles. The number of para-hydroxylation sites is 1. The van der Waals surface area contributed by atoms with E-state index in [0.717, 1.165) is 12.3 Å². The summed E-state index contributed by atoms with van der Waals surface area (Å²) in [7, 11) is -2.74. The van der Waals surface area contributed by atoms with Gasteiger partial charge in [-0.15, -0.1) is 0 Å². The number of hydrogen-bond acceptors (Lipinski definition) is 5. The van der Waals surface area contributed by atoms with Gasteiger partial charge < -0.3 is 10.1 Å². The fourth-order valence-electron chi connectivity index (χ4n) is 2.22. The van der Waals surface area contributed by atoms with Gasteiger partial charge in [-0.25, -0.2) is 17.6 Å². The topological polar surface area (TPSA) is 92.8 Å². The number of ether oxygens (including phenoxy) is 1. The summed E-state index contributed by atoms with van der Waals surface area (Å²) in [4.78, 5) is 23.9. The first-order chi connectivity index (χ1) is 12.6. The smallest absolute Gasteiger partial charge is 0.337 e. The van der Waals surface area contributed by atoms with Crippen molar-refractivity contribution in [3.63, 3.8) is 0 Å². The van der Waals surface area contributed by atoms with Gasteiger partial charge in [0.05, 0.1) is 35.3 Å². The molecule has 0 bridgehead atoms. The summed E-state index contributed by atoms with van der Waals surface area (Å²) in [5, 5.41) is 2.55. The Labute approximate surface area is 160 Å². The van der Waals surface area contributed by atoms with E-state index in [0.29, 0.717) is 4.31 Å². The van der Waals surface area contributed by atoms with Crippen molar-refractivity contribution in [2.75, 3.05) is 29.5 Å². The van der Waals surface area contributed by atoms with Gasteiger partial charge in [0.25, 0.3) is 0 Å². The summed E-state index contributed by atoms with van der Waals surface area (Å²) >= 11 is 6.00. The summed E-state index contributed by atoms with van der Waals surface area (Å²) in [6.45, 7) is -0.682. The van der Waals surface area contributed by atoms with Crippen molar-refractivity contribution in [1.29, 1.82) is 0 Å². The van der Waals surface area contributed by atoms with Crippen molar-refractivity contribution >= 4 is 44.9 Å². The van der Waals surface area contributed by atoms with Crippen molar-refractivity contribution in [3.8, 4) is 0 Å². The molecule has 144 valence electrons. The fraction of sp³-hybridized carbons (Fsp3) is 0.176. The highest BCUT2D eigenvalue weighted by atomic mass is 35.5. The number of halogens is 2. The minimum atomic E-state index is -3.94. The van der Waals surface area contributed by atoms with Gasteiger partial charge >= 0.3 is 5.97 Å². The first kappa shape index (κ1) is 20.7. The molecule has 0 atom stereocenters. The van der Waals surface area contributed by atoms with Gasteiger partial charge in [-0.05, 0) is 30.3 Å². The average molecular weight is 415 g/mol. The number of anilines is 2. The molecule has 0 spiro atoms. The van der Waals surface area contributed by atoms with Crippen LogP contribution in [-0.4, -0.2) is 40.2 Å². The van der Waals surface area contributed by atoms with E-state index in [2.05, 4.69) is 10.1 Å². The van der Waals surface area contributed by atoms with Crippen LogP contribution in [0.4, 0.5) is 15.8 Å². The summed E-state index contributed by atoms with van der Waals surface area (Å²) in [6.07, 6.45) is 0.859. The van der Waals surface area contributed by atoms with Crippen LogP contribution in [0.3, 0.4) is 0 Å². The number of nitrogens with zero attached hydrogens (tertiary/aromatic N) is 1. The summed E-state index contributed by atoms with van der Waals surface area (Å²) in [6, 6.07) is 9.26. The van der Waals surface area contributed by atoms with Crippen LogP contribution >= 0.6 is 11.6 Å². The average Bonchev–Trinajstić information content (AvgIpc) is 2.60. The minimum Gasteiger partial charge on any atom is -0.465 e. The normalized spacial score (nSPS) is 11.0. The Kier molecular flexibility index (Phi) is 6.40. The van der Waals surface area contributed by atoms with Crippen LogP contribution in [0.15, 0.2) is 42.5 Å². The van der Waals surface area contributed by atoms with Crippen LogP contribution < -0.4 is 9.62 Å². The number of amides is 1. The lowest BCUT2D eigenvalue weighted by Crippen LogP contribution is -2.38. The number of hydrogen-bond donors (Lipinski definition) is 1. The number of esters is 1. The van der Waals surface area contributed by atoms with Crippen LogP contribution in [0.2, 0.25) is 5.02 Å². The molecule has 0 saturated heterocycles. The Balaban J connectivity index is 2.27. The van der Waals surface area contributed by atoms with Crippen molar-refractivity contribution in [3.05, 3.63) is 58.9 Å². The number of carbonyl (C=O) groups is 2. The van der Waals surface area contributed by atoms with E-state index in [1.807, 2.05) is 0 Å². The van der Waals surface area contributed by atoms with Crippen molar-refractivity contribution in [2.45, 2.75) is 0 Å². The zero-order valence-electron chi connectivity index (χ0n) is 14.4. The second kappa shape index (κ2) is 8.36. The van der Waals surface area contributed by atoms with E-state index < -0.39 is 34.3 Å². The molecule has 1 amide bonds. The Morgan fingerprint density at radius 2 is 1.89 bits per heavy atom. The van der Waals surface area contributed by atoms with Gasteiger partial charge in [-0.1, -0.05) is 23.7 Å². The minimum absolute atomic E-state index is 0.0894. The van der Waals surface area contributed by atoms with E-state index in [-0.39, 0.29) is 22.0 Å². The molecular weight excluding hydrogens is 399 g/mol. The molecule has 10 heteroatoms. The zero-order valence-corrected chi connectivity index (χ0v) is 16.0. The monoisotopic (exact) mass is 414 g/mol. The quantitative estimate of drug-likeness (QED) is 0.733. The number of nitrogens with one attached hydrogen (secondary N) is 1. The molecule has 27 heavy (non-hydrogen) atoms. The van der Waals surface area contributed by atoms with E-state index in [1.54, 1.807) is 0 Å². The van der Waals surface area contributed by atoms with Crippen molar-refractivity contribution in [2.24, 2.45) is 0 Å². The number of carbonyl (C=O) groups excluding carboxylic acids is 2. The second-order valence-corrected chi connectivity index (χ2v) is 7.77. The SMILES string of the molecule is COC(=O)c1ccc(Cl)c(NC(=O)CN(c2ccccc2F)S(C)(=O)=O)c1.